The van der Waals surface area contributed by atoms with Crippen molar-refractivity contribution in [3.8, 4) is 5.75 Å². The molecule has 0 aliphatic heterocycles. The summed E-state index contributed by atoms with van der Waals surface area (Å²) in [4.78, 5) is 11.1. The zero-order valence-electron chi connectivity index (χ0n) is 9.75. The van der Waals surface area contributed by atoms with Gasteiger partial charge in [-0.15, -0.1) is 0 Å². The Hall–Kier alpha value is -1.71. The van der Waals surface area contributed by atoms with Crippen LogP contribution in [0.3, 0.4) is 0 Å². The molecule has 1 rings (SSSR count). The summed E-state index contributed by atoms with van der Waals surface area (Å²) in [5.74, 6) is 0.751. The van der Waals surface area contributed by atoms with E-state index in [9.17, 15) is 4.79 Å². The molecule has 0 heterocycles. The number of nitrogens with one attached hydrogen (secondary N) is 2. The minimum absolute atomic E-state index is 0.179. The van der Waals surface area contributed by atoms with Gasteiger partial charge >= 0.3 is 6.03 Å². The van der Waals surface area contributed by atoms with Gasteiger partial charge in [0, 0.05) is 6.54 Å². The van der Waals surface area contributed by atoms with E-state index in [1.807, 2.05) is 38.1 Å². The highest BCUT2D eigenvalue weighted by Gasteiger charge is 1.97. The van der Waals surface area contributed by atoms with E-state index in [2.05, 4.69) is 10.6 Å². The Labute approximate surface area is 96.0 Å². The van der Waals surface area contributed by atoms with Gasteiger partial charge in [-0.2, -0.15) is 0 Å². The van der Waals surface area contributed by atoms with Crippen molar-refractivity contribution in [1.82, 2.24) is 10.6 Å². The fraction of sp³-hybridized carbons (Fsp3) is 0.417. The van der Waals surface area contributed by atoms with Crippen molar-refractivity contribution in [2.24, 2.45) is 0 Å². The Kier molecular flexibility index (Phi) is 5.19. The summed E-state index contributed by atoms with van der Waals surface area (Å²) in [6.45, 7) is 4.87. The predicted molar refractivity (Wildman–Crippen MR) is 63.5 cm³/mol. The molecule has 16 heavy (non-hydrogen) atoms. The molecule has 2 N–H and O–H groups in total. The van der Waals surface area contributed by atoms with Crippen molar-refractivity contribution in [1.29, 1.82) is 0 Å². The Bertz CT molecular complexity index is 322. The van der Waals surface area contributed by atoms with E-state index in [0.29, 0.717) is 6.54 Å². The number of rotatable bonds is 5. The summed E-state index contributed by atoms with van der Waals surface area (Å²) in [6, 6.07) is 7.48. The van der Waals surface area contributed by atoms with Gasteiger partial charge in [0.2, 0.25) is 0 Å². The Morgan fingerprint density at radius 3 is 2.56 bits per heavy atom. The Balaban J connectivity index is 2.20. The number of hydrogen-bond acceptors (Lipinski definition) is 2. The van der Waals surface area contributed by atoms with Crippen LogP contribution < -0.4 is 15.4 Å². The van der Waals surface area contributed by atoms with Gasteiger partial charge in [-0.3, -0.25) is 0 Å². The number of aryl methyl sites for hydroxylation is 1. The van der Waals surface area contributed by atoms with Gasteiger partial charge in [0.25, 0.3) is 0 Å². The number of urea groups is 1. The van der Waals surface area contributed by atoms with Crippen LogP contribution in [-0.2, 0) is 0 Å². The molecular formula is C12H18N2O2. The lowest BCUT2D eigenvalue weighted by Gasteiger charge is -2.08. The van der Waals surface area contributed by atoms with E-state index in [0.717, 1.165) is 12.2 Å². The van der Waals surface area contributed by atoms with E-state index in [-0.39, 0.29) is 12.8 Å². The molecule has 0 aromatic heterocycles. The van der Waals surface area contributed by atoms with Crippen LogP contribution in [0.5, 0.6) is 5.75 Å². The van der Waals surface area contributed by atoms with Gasteiger partial charge < -0.3 is 15.4 Å². The number of amides is 2. The molecule has 0 bridgehead atoms. The average molecular weight is 222 g/mol. The SMILES string of the molecule is CCCNC(=O)NCOc1ccc(C)cc1. The van der Waals surface area contributed by atoms with Crippen LogP contribution in [0.2, 0.25) is 0 Å². The standard InChI is InChI=1S/C12H18N2O2/c1-3-8-13-12(15)14-9-16-11-6-4-10(2)5-7-11/h4-7H,3,8-9H2,1-2H3,(H2,13,14,15). The van der Waals surface area contributed by atoms with Crippen molar-refractivity contribution < 1.29 is 9.53 Å². The highest BCUT2D eigenvalue weighted by molar-refractivity contribution is 5.73. The molecule has 2 amide bonds. The smallest absolute Gasteiger partial charge is 0.317 e. The summed E-state index contributed by atoms with van der Waals surface area (Å²) < 4.78 is 5.34. The number of ether oxygens (including phenoxy) is 1. The quantitative estimate of drug-likeness (QED) is 0.749. The first kappa shape index (κ1) is 12.4. The van der Waals surface area contributed by atoms with Crippen molar-refractivity contribution in [2.75, 3.05) is 13.3 Å². The normalized spacial score (nSPS) is 9.62. The molecule has 0 fully saturated rings. The van der Waals surface area contributed by atoms with Gasteiger partial charge in [-0.05, 0) is 25.5 Å². The fourth-order valence-electron chi connectivity index (χ4n) is 1.12. The lowest BCUT2D eigenvalue weighted by atomic mass is 10.2. The van der Waals surface area contributed by atoms with Gasteiger partial charge in [0.1, 0.15) is 5.75 Å². The van der Waals surface area contributed by atoms with Crippen molar-refractivity contribution >= 4 is 6.03 Å². The summed E-state index contributed by atoms with van der Waals surface area (Å²) >= 11 is 0. The minimum Gasteiger partial charge on any atom is -0.473 e. The minimum atomic E-state index is -0.200. The van der Waals surface area contributed by atoms with Crippen LogP contribution in [0.25, 0.3) is 0 Å². The average Bonchev–Trinajstić information content (AvgIpc) is 2.29. The zero-order valence-corrected chi connectivity index (χ0v) is 9.75. The van der Waals surface area contributed by atoms with E-state index >= 15 is 0 Å². The molecule has 0 spiro atoms. The van der Waals surface area contributed by atoms with Crippen molar-refractivity contribution in [3.05, 3.63) is 29.8 Å². The lowest BCUT2D eigenvalue weighted by Crippen LogP contribution is -2.37. The molecule has 0 atom stereocenters. The molecule has 1 aromatic carbocycles. The third kappa shape index (κ3) is 4.68. The zero-order chi connectivity index (χ0) is 11.8. The topological polar surface area (TPSA) is 50.4 Å². The summed E-state index contributed by atoms with van der Waals surface area (Å²) in [5, 5.41) is 5.31. The van der Waals surface area contributed by atoms with Gasteiger partial charge in [0.05, 0.1) is 0 Å². The Morgan fingerprint density at radius 2 is 1.94 bits per heavy atom. The van der Waals surface area contributed by atoms with Crippen LogP contribution in [0.4, 0.5) is 4.79 Å². The van der Waals surface area contributed by atoms with E-state index in [4.69, 9.17) is 4.74 Å². The van der Waals surface area contributed by atoms with Crippen LogP contribution in [0, 0.1) is 6.92 Å². The molecule has 0 saturated heterocycles. The summed E-state index contributed by atoms with van der Waals surface area (Å²) in [6.07, 6.45) is 0.923. The maximum Gasteiger partial charge on any atom is 0.317 e. The molecule has 4 heteroatoms. The molecule has 0 saturated carbocycles. The monoisotopic (exact) mass is 222 g/mol. The number of hydrogen-bond donors (Lipinski definition) is 2. The third-order valence-electron chi connectivity index (χ3n) is 2.03. The molecule has 88 valence electrons. The third-order valence-corrected chi connectivity index (χ3v) is 2.03. The number of benzene rings is 1. The number of carbonyl (C=O) groups excluding carboxylic acids is 1. The van der Waals surface area contributed by atoms with Gasteiger partial charge in [-0.1, -0.05) is 24.6 Å². The molecule has 0 aliphatic carbocycles. The molecule has 0 radical (unpaired) electrons. The molecule has 0 aliphatic rings. The first-order valence-electron chi connectivity index (χ1n) is 5.43. The number of carbonyl (C=O) groups is 1. The van der Waals surface area contributed by atoms with Crippen LogP contribution >= 0.6 is 0 Å². The maximum atomic E-state index is 11.1. The second kappa shape index (κ2) is 6.71. The van der Waals surface area contributed by atoms with Crippen molar-refractivity contribution in [3.63, 3.8) is 0 Å². The van der Waals surface area contributed by atoms with E-state index in [1.54, 1.807) is 0 Å². The summed E-state index contributed by atoms with van der Waals surface area (Å²) in [7, 11) is 0. The van der Waals surface area contributed by atoms with Crippen LogP contribution in [0.1, 0.15) is 18.9 Å². The van der Waals surface area contributed by atoms with Crippen LogP contribution in [0.15, 0.2) is 24.3 Å². The molecule has 0 unspecified atom stereocenters. The fourth-order valence-corrected chi connectivity index (χ4v) is 1.12. The predicted octanol–water partition coefficient (Wildman–Crippen LogP) is 2.04. The van der Waals surface area contributed by atoms with E-state index in [1.165, 1.54) is 5.56 Å². The highest BCUT2D eigenvalue weighted by Crippen LogP contribution is 2.10. The highest BCUT2D eigenvalue weighted by atomic mass is 16.5. The summed E-state index contributed by atoms with van der Waals surface area (Å²) in [5.41, 5.74) is 1.18. The second-order valence-corrected chi connectivity index (χ2v) is 3.53. The van der Waals surface area contributed by atoms with E-state index < -0.39 is 0 Å². The van der Waals surface area contributed by atoms with Gasteiger partial charge in [-0.25, -0.2) is 4.79 Å². The molecular weight excluding hydrogens is 204 g/mol. The maximum absolute atomic E-state index is 11.1. The lowest BCUT2D eigenvalue weighted by molar-refractivity contribution is 0.224. The Morgan fingerprint density at radius 1 is 1.25 bits per heavy atom. The second-order valence-electron chi connectivity index (χ2n) is 3.53. The first-order valence-corrected chi connectivity index (χ1v) is 5.43. The molecule has 4 nitrogen and oxygen atoms in total. The largest absolute Gasteiger partial charge is 0.473 e. The van der Waals surface area contributed by atoms with Crippen molar-refractivity contribution in [2.45, 2.75) is 20.3 Å². The first-order chi connectivity index (χ1) is 7.72. The molecule has 1 aromatic rings. The van der Waals surface area contributed by atoms with Crippen LogP contribution in [-0.4, -0.2) is 19.3 Å². The van der Waals surface area contributed by atoms with Gasteiger partial charge in [0.15, 0.2) is 6.73 Å².